The van der Waals surface area contributed by atoms with E-state index in [0.29, 0.717) is 0 Å². The smallest absolute Gasteiger partial charge is 0.387 e. The van der Waals surface area contributed by atoms with E-state index in [-0.39, 0.29) is 22.9 Å². The van der Waals surface area contributed by atoms with Crippen LogP contribution >= 0.6 is 23.8 Å². The Kier molecular flexibility index (Phi) is 7.41. The highest BCUT2D eigenvalue weighted by molar-refractivity contribution is 7.68. The molecule has 0 aliphatic carbocycles. The van der Waals surface area contributed by atoms with Gasteiger partial charge in [0.25, 0.3) is 0 Å². The van der Waals surface area contributed by atoms with E-state index in [0.717, 1.165) is 0 Å². The second-order valence-electron chi connectivity index (χ2n) is 6.46. The summed E-state index contributed by atoms with van der Waals surface area (Å²) in [5.41, 5.74) is 6.06. The molecule has 10 N–H and O–H groups in total. The van der Waals surface area contributed by atoms with Crippen LogP contribution in [0.5, 0.6) is 0 Å². The van der Waals surface area contributed by atoms with E-state index in [9.17, 15) is 34.0 Å². The molecule has 3 rings (SSSR count). The highest BCUT2D eigenvalue weighted by Gasteiger charge is 2.54. The maximum Gasteiger partial charge on any atom is 0.580 e. The molecular formula is C11H20N6O13P3+. The summed E-state index contributed by atoms with van der Waals surface area (Å²) in [6, 6.07) is 0. The molecule has 0 amide bonds. The molecule has 22 heteroatoms. The number of phosphoric acid groups is 2. The maximum atomic E-state index is 11.5. The zero-order chi connectivity index (χ0) is 24.8. The Bertz CT molecular complexity index is 1110. The minimum absolute atomic E-state index is 0.125. The molecule has 0 aromatic carbocycles. The fourth-order valence-electron chi connectivity index (χ4n) is 2.87. The van der Waals surface area contributed by atoms with Crippen LogP contribution < -0.4 is 11.1 Å². The number of hydrogen-bond acceptors (Lipinski definition) is 15. The number of aliphatic hydroxyl groups excluding tert-OH is 2. The lowest BCUT2D eigenvalue weighted by Crippen LogP contribution is -2.33. The number of hydrogen-bond donors (Lipinski definition) is 9. The summed E-state index contributed by atoms with van der Waals surface area (Å²) in [4.78, 5) is 57.6. The van der Waals surface area contributed by atoms with Gasteiger partial charge in [0.1, 0.15) is 24.9 Å². The van der Waals surface area contributed by atoms with Crippen molar-refractivity contribution in [3.63, 3.8) is 0 Å². The predicted molar refractivity (Wildman–Crippen MR) is 107 cm³/mol. The number of anilines is 2. The molecule has 5 atom stereocenters. The highest BCUT2D eigenvalue weighted by Crippen LogP contribution is 2.69. The van der Waals surface area contributed by atoms with Crippen LogP contribution in [0, 0.1) is 0 Å². The molecule has 1 fully saturated rings. The minimum atomic E-state index is -5.65. The maximum absolute atomic E-state index is 11.5. The van der Waals surface area contributed by atoms with E-state index in [2.05, 4.69) is 33.4 Å². The van der Waals surface area contributed by atoms with Gasteiger partial charge in [-0.25, -0.2) is 14.1 Å². The number of rotatable bonds is 9. The monoisotopic (exact) mass is 537 g/mol. The van der Waals surface area contributed by atoms with E-state index < -0.39 is 55.0 Å². The van der Waals surface area contributed by atoms with Gasteiger partial charge >= 0.3 is 23.8 Å². The van der Waals surface area contributed by atoms with Crippen LogP contribution in [0.15, 0.2) is 6.33 Å². The Morgan fingerprint density at radius 2 is 1.91 bits per heavy atom. The van der Waals surface area contributed by atoms with Gasteiger partial charge in [-0.05, 0) is 4.31 Å². The number of nitrogens with one attached hydrogen (secondary N) is 1. The molecule has 0 bridgehead atoms. The summed E-state index contributed by atoms with van der Waals surface area (Å²) in [7, 11) is -14.8. The van der Waals surface area contributed by atoms with Crippen LogP contribution in [0.3, 0.4) is 0 Å². The number of aromatic nitrogens is 4. The second kappa shape index (κ2) is 9.33. The van der Waals surface area contributed by atoms with E-state index in [1.807, 2.05) is 0 Å². The molecule has 0 saturated carbocycles. The van der Waals surface area contributed by atoms with Crippen molar-refractivity contribution in [2.24, 2.45) is 0 Å². The molecule has 2 unspecified atom stereocenters. The Labute approximate surface area is 184 Å². The topological polar surface area (TPSA) is 294 Å². The Morgan fingerprint density at radius 1 is 1.24 bits per heavy atom. The fourth-order valence-corrected chi connectivity index (χ4v) is 5.94. The first-order chi connectivity index (χ1) is 15.1. The van der Waals surface area contributed by atoms with Crippen molar-refractivity contribution in [1.29, 1.82) is 0 Å². The lowest BCUT2D eigenvalue weighted by atomic mass is 10.1. The number of fused-ring (bicyclic) bond motifs is 1. The van der Waals surface area contributed by atoms with E-state index >= 15 is 0 Å². The molecule has 1 aliphatic heterocycles. The van der Waals surface area contributed by atoms with Crippen molar-refractivity contribution < 1.29 is 61.7 Å². The van der Waals surface area contributed by atoms with Gasteiger partial charge in [-0.3, -0.25) is 9.46 Å². The summed E-state index contributed by atoms with van der Waals surface area (Å²) in [5.74, 6) is 0.155. The standard InChI is InChI=1S/C11H19N6O13P3/c1-13-8-5-9(16-11(12)15-8)17(3-14-5)10-7(19)6(18)4(28-10)2-27-32(23,24)30-33(25,26)29-31(20,21)22/h3-4,6-7,10,18-19,23-24H,2H2,1H3,(H5-,12,13,15,16,20,21,22,25,26)/p+1/t4-,6?,7+,10-/m1/s1. The van der Waals surface area contributed by atoms with Crippen LogP contribution in [0.4, 0.5) is 11.8 Å². The fraction of sp³-hybridized carbons (Fsp3) is 0.545. The summed E-state index contributed by atoms with van der Waals surface area (Å²) in [6.45, 7) is -0.906. The van der Waals surface area contributed by atoms with Crippen molar-refractivity contribution in [3.05, 3.63) is 6.33 Å². The molecule has 1 saturated heterocycles. The first-order valence-electron chi connectivity index (χ1n) is 8.62. The first-order valence-corrected chi connectivity index (χ1v) is 13.2. The molecule has 0 radical (unpaired) electrons. The Balaban J connectivity index is 1.73. The summed E-state index contributed by atoms with van der Waals surface area (Å²) >= 11 is 0. The van der Waals surface area contributed by atoms with E-state index in [4.69, 9.17) is 20.3 Å². The van der Waals surface area contributed by atoms with Gasteiger partial charge in [-0.15, -0.1) is 0 Å². The predicted octanol–water partition coefficient (Wildman–Crippen LogP) is -2.03. The quantitative estimate of drug-likeness (QED) is 0.156. The molecule has 2 aromatic rings. The van der Waals surface area contributed by atoms with Crippen molar-refractivity contribution in [2.45, 2.75) is 24.5 Å². The van der Waals surface area contributed by atoms with E-state index in [1.54, 1.807) is 7.05 Å². The largest absolute Gasteiger partial charge is 0.580 e. The average molecular weight is 537 g/mol. The zero-order valence-corrected chi connectivity index (χ0v) is 19.1. The Hall–Kier alpha value is -1.40. The van der Waals surface area contributed by atoms with Gasteiger partial charge in [-0.2, -0.15) is 28.6 Å². The number of aliphatic hydroxyl groups is 2. The lowest BCUT2D eigenvalue weighted by molar-refractivity contribution is -0.0521. The van der Waals surface area contributed by atoms with Crippen molar-refractivity contribution >= 4 is 46.7 Å². The molecule has 1 aliphatic rings. The van der Waals surface area contributed by atoms with Gasteiger partial charge in [0.15, 0.2) is 23.2 Å². The normalized spacial score (nSPS) is 25.9. The molecule has 186 valence electrons. The third kappa shape index (κ3) is 6.19. The summed E-state index contributed by atoms with van der Waals surface area (Å²) in [6.07, 6.45) is -4.77. The SMILES string of the molecule is CNc1nc(N)nc2c1ncn2[C@@H]1O[C@H](CO[P+](O)(O)OP(=O)(O)OP(=O)(O)O)C(O)[C@@H]1O. The Morgan fingerprint density at radius 3 is 2.52 bits per heavy atom. The highest BCUT2D eigenvalue weighted by atomic mass is 31.3. The molecule has 0 spiro atoms. The number of nitrogens with two attached hydrogens (primary N) is 1. The van der Waals surface area contributed by atoms with Crippen LogP contribution in [-0.4, -0.2) is 86.2 Å². The first kappa shape index (κ1) is 26.2. The molecular weight excluding hydrogens is 517 g/mol. The van der Waals surface area contributed by atoms with Crippen molar-refractivity contribution in [3.8, 4) is 0 Å². The zero-order valence-electron chi connectivity index (χ0n) is 16.4. The van der Waals surface area contributed by atoms with Crippen molar-refractivity contribution in [2.75, 3.05) is 24.7 Å². The van der Waals surface area contributed by atoms with Crippen LogP contribution in [0.2, 0.25) is 0 Å². The van der Waals surface area contributed by atoms with Crippen molar-refractivity contribution in [1.82, 2.24) is 19.5 Å². The van der Waals surface area contributed by atoms with Gasteiger partial charge in [0.2, 0.25) is 5.95 Å². The third-order valence-electron chi connectivity index (χ3n) is 4.11. The average Bonchev–Trinajstić information content (AvgIpc) is 3.18. The second-order valence-corrected chi connectivity index (χ2v) is 10.9. The van der Waals surface area contributed by atoms with Gasteiger partial charge in [-0.1, -0.05) is 0 Å². The lowest BCUT2D eigenvalue weighted by Gasteiger charge is -2.17. The number of ether oxygens (including phenoxy) is 1. The van der Waals surface area contributed by atoms with Gasteiger partial charge in [0, 0.05) is 7.05 Å². The number of imidazole rings is 1. The number of nitrogens with zero attached hydrogens (tertiary/aromatic N) is 4. The van der Waals surface area contributed by atoms with Crippen LogP contribution in [0.1, 0.15) is 6.23 Å². The summed E-state index contributed by atoms with van der Waals surface area (Å²) < 4.78 is 40.7. The minimum Gasteiger partial charge on any atom is -0.387 e. The molecule has 3 heterocycles. The van der Waals surface area contributed by atoms with E-state index in [1.165, 1.54) is 10.9 Å². The summed E-state index contributed by atoms with van der Waals surface area (Å²) in [5, 5.41) is 23.4. The van der Waals surface area contributed by atoms with Crippen LogP contribution in [0.25, 0.3) is 11.2 Å². The molecule has 2 aromatic heterocycles. The molecule has 19 nitrogen and oxygen atoms in total. The van der Waals surface area contributed by atoms with Gasteiger partial charge in [0.05, 0.1) is 6.33 Å². The molecule has 33 heavy (non-hydrogen) atoms. The number of nitrogen functional groups attached to an aromatic ring is 1. The third-order valence-corrected chi connectivity index (χ3v) is 7.95. The van der Waals surface area contributed by atoms with Gasteiger partial charge < -0.3 is 35.8 Å². The van der Waals surface area contributed by atoms with Crippen LogP contribution in [-0.2, 0) is 27.0 Å².